The van der Waals surface area contributed by atoms with Crippen LogP contribution in [-0.2, 0) is 9.47 Å². The molecule has 3 rings (SSSR count). The van der Waals surface area contributed by atoms with Gasteiger partial charge in [-0.05, 0) is 26.7 Å². The second-order valence-corrected chi connectivity index (χ2v) is 6.77. The van der Waals surface area contributed by atoms with E-state index in [9.17, 15) is 4.79 Å². The molecule has 1 aromatic heterocycles. The van der Waals surface area contributed by atoms with E-state index in [0.29, 0.717) is 11.5 Å². The van der Waals surface area contributed by atoms with Crippen LogP contribution in [0.3, 0.4) is 0 Å². The summed E-state index contributed by atoms with van der Waals surface area (Å²) in [4.78, 5) is 19.4. The minimum Gasteiger partial charge on any atom is -0.462 e. The predicted molar refractivity (Wildman–Crippen MR) is 82.2 cm³/mol. The number of carbonyl (C=O) groups excluding carboxylic acids is 1. The van der Waals surface area contributed by atoms with Crippen molar-refractivity contribution in [3.8, 4) is 0 Å². The van der Waals surface area contributed by atoms with Crippen LogP contribution in [0.2, 0.25) is 0 Å². The summed E-state index contributed by atoms with van der Waals surface area (Å²) in [5.41, 5.74) is 0.780. The molecule has 1 aliphatic heterocycles. The van der Waals surface area contributed by atoms with E-state index in [1.807, 2.05) is 13.8 Å². The van der Waals surface area contributed by atoms with E-state index >= 15 is 0 Å². The summed E-state index contributed by atoms with van der Waals surface area (Å²) in [6.07, 6.45) is 4.77. The fourth-order valence-electron chi connectivity index (χ4n) is 3.23. The van der Waals surface area contributed by atoms with Crippen molar-refractivity contribution < 1.29 is 14.3 Å². The molecule has 1 aromatic rings. The third-order valence-corrected chi connectivity index (χ3v) is 5.48. The first-order chi connectivity index (χ1) is 10.1. The van der Waals surface area contributed by atoms with Gasteiger partial charge >= 0.3 is 5.97 Å². The van der Waals surface area contributed by atoms with Crippen molar-refractivity contribution in [2.45, 2.75) is 45.1 Å². The number of aryl methyl sites for hydroxylation is 1. The summed E-state index contributed by atoms with van der Waals surface area (Å²) in [6, 6.07) is 0. The van der Waals surface area contributed by atoms with E-state index in [-0.39, 0.29) is 11.6 Å². The summed E-state index contributed by atoms with van der Waals surface area (Å²) >= 11 is 1.44. The summed E-state index contributed by atoms with van der Waals surface area (Å²) in [5.74, 6) is -0.261. The Morgan fingerprint density at radius 1 is 1.48 bits per heavy atom. The molecule has 1 saturated heterocycles. The van der Waals surface area contributed by atoms with Crippen LogP contribution in [0.4, 0.5) is 5.13 Å². The van der Waals surface area contributed by atoms with Gasteiger partial charge in [-0.25, -0.2) is 9.78 Å². The van der Waals surface area contributed by atoms with E-state index in [1.54, 1.807) is 0 Å². The molecule has 1 aliphatic carbocycles. The number of morpholine rings is 1. The molecule has 0 bridgehead atoms. The second kappa shape index (κ2) is 5.93. The SMILES string of the molecule is CCOC(=O)c1sc(N2CCOC3(CCCC3)C2)nc1C. The quantitative estimate of drug-likeness (QED) is 0.804. The zero-order valence-electron chi connectivity index (χ0n) is 12.7. The first-order valence-electron chi connectivity index (χ1n) is 7.67. The van der Waals surface area contributed by atoms with E-state index in [4.69, 9.17) is 9.47 Å². The summed E-state index contributed by atoms with van der Waals surface area (Å²) in [7, 11) is 0. The Morgan fingerprint density at radius 3 is 2.95 bits per heavy atom. The topological polar surface area (TPSA) is 51.7 Å². The van der Waals surface area contributed by atoms with Gasteiger partial charge in [0.2, 0.25) is 0 Å². The Morgan fingerprint density at radius 2 is 2.24 bits per heavy atom. The molecule has 0 unspecified atom stereocenters. The van der Waals surface area contributed by atoms with Crippen LogP contribution >= 0.6 is 11.3 Å². The van der Waals surface area contributed by atoms with Crippen molar-refractivity contribution in [1.29, 1.82) is 0 Å². The Hall–Kier alpha value is -1.14. The molecule has 0 amide bonds. The molecule has 0 N–H and O–H groups in total. The molecule has 0 radical (unpaired) electrons. The van der Waals surface area contributed by atoms with Crippen molar-refractivity contribution in [1.82, 2.24) is 4.98 Å². The molecule has 116 valence electrons. The number of esters is 1. The van der Waals surface area contributed by atoms with Crippen LogP contribution in [0.1, 0.15) is 48.0 Å². The second-order valence-electron chi connectivity index (χ2n) is 5.79. The van der Waals surface area contributed by atoms with Gasteiger partial charge in [0.1, 0.15) is 4.88 Å². The van der Waals surface area contributed by atoms with Crippen molar-refractivity contribution in [3.05, 3.63) is 10.6 Å². The zero-order valence-corrected chi connectivity index (χ0v) is 13.5. The first kappa shape index (κ1) is 14.8. The Kier molecular flexibility index (Phi) is 4.17. The smallest absolute Gasteiger partial charge is 0.350 e. The van der Waals surface area contributed by atoms with Gasteiger partial charge in [-0.15, -0.1) is 0 Å². The molecule has 5 nitrogen and oxygen atoms in total. The maximum absolute atomic E-state index is 11.9. The molecule has 1 saturated carbocycles. The molecular formula is C15H22N2O3S. The van der Waals surface area contributed by atoms with Gasteiger partial charge in [0, 0.05) is 13.1 Å². The van der Waals surface area contributed by atoms with Crippen LogP contribution in [0.5, 0.6) is 0 Å². The summed E-state index contributed by atoms with van der Waals surface area (Å²) in [5, 5.41) is 0.921. The highest BCUT2D eigenvalue weighted by atomic mass is 32.1. The molecule has 1 spiro atoms. The maximum atomic E-state index is 11.9. The summed E-state index contributed by atoms with van der Waals surface area (Å²) < 4.78 is 11.1. The number of rotatable bonds is 3. The third kappa shape index (κ3) is 2.92. The van der Waals surface area contributed by atoms with Crippen LogP contribution in [-0.4, -0.2) is 42.9 Å². The number of hydrogen-bond donors (Lipinski definition) is 0. The highest BCUT2D eigenvalue weighted by molar-refractivity contribution is 7.17. The number of aromatic nitrogens is 1. The molecule has 0 atom stereocenters. The number of anilines is 1. The Bertz CT molecular complexity index is 523. The monoisotopic (exact) mass is 310 g/mol. The lowest BCUT2D eigenvalue weighted by molar-refractivity contribution is -0.0501. The summed E-state index contributed by atoms with van der Waals surface area (Å²) in [6.45, 7) is 6.57. The predicted octanol–water partition coefficient (Wildman–Crippen LogP) is 2.78. The van der Waals surface area contributed by atoms with Crippen molar-refractivity contribution in [2.75, 3.05) is 31.2 Å². The molecule has 21 heavy (non-hydrogen) atoms. The van der Waals surface area contributed by atoms with Gasteiger partial charge in [0.05, 0.1) is 24.5 Å². The van der Waals surface area contributed by atoms with Gasteiger partial charge < -0.3 is 14.4 Å². The lowest BCUT2D eigenvalue weighted by Gasteiger charge is -2.40. The number of ether oxygens (including phenoxy) is 2. The fraction of sp³-hybridized carbons (Fsp3) is 0.733. The minimum absolute atomic E-state index is 0.0158. The van der Waals surface area contributed by atoms with Crippen molar-refractivity contribution >= 4 is 22.4 Å². The lowest BCUT2D eigenvalue weighted by atomic mass is 10.0. The van der Waals surface area contributed by atoms with E-state index in [2.05, 4.69) is 9.88 Å². The largest absolute Gasteiger partial charge is 0.462 e. The number of thiazole rings is 1. The lowest BCUT2D eigenvalue weighted by Crippen LogP contribution is -2.50. The fourth-order valence-corrected chi connectivity index (χ4v) is 4.22. The zero-order chi connectivity index (χ0) is 14.9. The molecule has 2 heterocycles. The van der Waals surface area contributed by atoms with E-state index in [1.165, 1.54) is 24.2 Å². The normalized spacial score (nSPS) is 21.0. The Balaban J connectivity index is 1.77. The third-order valence-electron chi connectivity index (χ3n) is 4.28. The number of carbonyl (C=O) groups is 1. The van der Waals surface area contributed by atoms with Crippen LogP contribution < -0.4 is 4.90 Å². The molecule has 6 heteroatoms. The average Bonchev–Trinajstić information content (AvgIpc) is 3.06. The van der Waals surface area contributed by atoms with Crippen LogP contribution in [0, 0.1) is 6.92 Å². The van der Waals surface area contributed by atoms with E-state index < -0.39 is 0 Å². The van der Waals surface area contributed by atoms with E-state index in [0.717, 1.165) is 43.4 Å². The van der Waals surface area contributed by atoms with Gasteiger partial charge in [-0.1, -0.05) is 24.2 Å². The molecular weight excluding hydrogens is 288 g/mol. The number of hydrogen-bond acceptors (Lipinski definition) is 6. The first-order valence-corrected chi connectivity index (χ1v) is 8.49. The standard InChI is InChI=1S/C15H22N2O3S/c1-3-19-13(18)12-11(2)16-14(21-12)17-8-9-20-15(10-17)6-4-5-7-15/h3-10H2,1-2H3. The number of nitrogens with zero attached hydrogens (tertiary/aromatic N) is 2. The van der Waals surface area contributed by atoms with Crippen LogP contribution in [0.25, 0.3) is 0 Å². The van der Waals surface area contributed by atoms with Crippen molar-refractivity contribution in [3.63, 3.8) is 0 Å². The van der Waals surface area contributed by atoms with Crippen LogP contribution in [0.15, 0.2) is 0 Å². The van der Waals surface area contributed by atoms with Gasteiger partial charge in [-0.2, -0.15) is 0 Å². The highest BCUT2D eigenvalue weighted by Crippen LogP contribution is 2.38. The average molecular weight is 310 g/mol. The molecule has 0 aromatic carbocycles. The maximum Gasteiger partial charge on any atom is 0.350 e. The Labute approximate surface area is 129 Å². The van der Waals surface area contributed by atoms with Gasteiger partial charge in [0.15, 0.2) is 5.13 Å². The molecule has 2 aliphatic rings. The highest BCUT2D eigenvalue weighted by Gasteiger charge is 2.40. The van der Waals surface area contributed by atoms with Gasteiger partial charge in [-0.3, -0.25) is 0 Å². The minimum atomic E-state index is -0.261. The molecule has 2 fully saturated rings. The van der Waals surface area contributed by atoms with Gasteiger partial charge in [0.25, 0.3) is 0 Å². The van der Waals surface area contributed by atoms with Crippen molar-refractivity contribution in [2.24, 2.45) is 0 Å².